The van der Waals surface area contributed by atoms with Gasteiger partial charge in [0.2, 0.25) is 10.0 Å². The summed E-state index contributed by atoms with van der Waals surface area (Å²) in [5, 5.41) is -0.181. The summed E-state index contributed by atoms with van der Waals surface area (Å²) < 4.78 is 32.5. The minimum Gasteiger partial charge on any atom is -0.497 e. The maximum absolute atomic E-state index is 13.0. The van der Waals surface area contributed by atoms with Crippen molar-refractivity contribution in [3.63, 3.8) is 0 Å². The van der Waals surface area contributed by atoms with Crippen molar-refractivity contribution in [3.8, 4) is 5.75 Å². The first-order chi connectivity index (χ1) is 11.7. The first kappa shape index (κ1) is 20.3. The van der Waals surface area contributed by atoms with Crippen molar-refractivity contribution in [2.45, 2.75) is 36.5 Å². The highest BCUT2D eigenvalue weighted by atomic mass is 32.2. The normalized spacial score (nSPS) is 21.2. The van der Waals surface area contributed by atoms with Gasteiger partial charge in [-0.3, -0.25) is 9.59 Å². The Morgan fingerprint density at radius 1 is 1.20 bits per heavy atom. The van der Waals surface area contributed by atoms with Crippen LogP contribution in [0.15, 0.2) is 29.2 Å². The van der Waals surface area contributed by atoms with E-state index < -0.39 is 10.0 Å². The van der Waals surface area contributed by atoms with Crippen molar-refractivity contribution < 1.29 is 22.7 Å². The number of rotatable bonds is 6. The zero-order valence-electron chi connectivity index (χ0n) is 14.3. The van der Waals surface area contributed by atoms with Crippen LogP contribution in [-0.4, -0.2) is 53.7 Å². The number of hydrogen-bond donors (Lipinski definition) is 0. The van der Waals surface area contributed by atoms with Gasteiger partial charge in [-0.05, 0) is 30.7 Å². The molecule has 1 fully saturated rings. The molecule has 1 heterocycles. The summed E-state index contributed by atoms with van der Waals surface area (Å²) >= 11 is 2.27. The molecule has 0 bridgehead atoms. The molecule has 6 nitrogen and oxygen atoms in total. The van der Waals surface area contributed by atoms with E-state index in [4.69, 9.17) is 4.74 Å². The third-order valence-electron chi connectivity index (χ3n) is 3.80. The fourth-order valence-corrected chi connectivity index (χ4v) is 6.34. The standard InChI is InChI=1S/C16H21NO5S3/c1-11(18)23-10-13-8-15(24-12(2)19)9-17(13)25(20,21)16-6-4-14(22-3)5-7-16/h4-7,13,15H,8-10H2,1-3H3/t13-,15+/m1/s1. The summed E-state index contributed by atoms with van der Waals surface area (Å²) in [4.78, 5) is 22.8. The maximum Gasteiger partial charge on any atom is 0.243 e. The van der Waals surface area contributed by atoms with E-state index in [9.17, 15) is 18.0 Å². The number of methoxy groups -OCH3 is 1. The lowest BCUT2D eigenvalue weighted by Gasteiger charge is -2.23. The van der Waals surface area contributed by atoms with E-state index in [1.54, 1.807) is 12.1 Å². The molecule has 1 aliphatic heterocycles. The Morgan fingerprint density at radius 2 is 1.84 bits per heavy atom. The molecule has 25 heavy (non-hydrogen) atoms. The molecule has 1 saturated heterocycles. The van der Waals surface area contributed by atoms with E-state index in [0.717, 1.165) is 23.5 Å². The number of nitrogens with zero attached hydrogens (tertiary/aromatic N) is 1. The van der Waals surface area contributed by atoms with Gasteiger partial charge >= 0.3 is 0 Å². The number of sulfonamides is 1. The second-order valence-electron chi connectivity index (χ2n) is 5.67. The Balaban J connectivity index is 2.25. The molecule has 0 aromatic heterocycles. The Hall–Kier alpha value is -1.03. The number of carbonyl (C=O) groups excluding carboxylic acids is 2. The van der Waals surface area contributed by atoms with Crippen LogP contribution in [0.25, 0.3) is 0 Å². The molecule has 0 unspecified atom stereocenters. The molecule has 2 atom stereocenters. The molecule has 0 saturated carbocycles. The topological polar surface area (TPSA) is 80.8 Å². The molecule has 1 aliphatic rings. The van der Waals surface area contributed by atoms with Crippen LogP contribution in [0, 0.1) is 0 Å². The van der Waals surface area contributed by atoms with Crippen LogP contribution in [0.5, 0.6) is 5.75 Å². The van der Waals surface area contributed by atoms with Gasteiger partial charge in [0, 0.05) is 37.4 Å². The van der Waals surface area contributed by atoms with Crippen molar-refractivity contribution in [1.29, 1.82) is 0 Å². The van der Waals surface area contributed by atoms with Gasteiger partial charge in [-0.1, -0.05) is 23.5 Å². The highest BCUT2D eigenvalue weighted by molar-refractivity contribution is 8.14. The van der Waals surface area contributed by atoms with Gasteiger partial charge in [0.15, 0.2) is 10.2 Å². The molecule has 0 spiro atoms. The number of ether oxygens (including phenoxy) is 1. The largest absolute Gasteiger partial charge is 0.497 e. The van der Waals surface area contributed by atoms with Gasteiger partial charge < -0.3 is 4.74 Å². The van der Waals surface area contributed by atoms with E-state index in [2.05, 4.69) is 0 Å². The number of hydrogen-bond acceptors (Lipinski definition) is 7. The van der Waals surface area contributed by atoms with Crippen molar-refractivity contribution in [3.05, 3.63) is 24.3 Å². The average Bonchev–Trinajstić information content (AvgIpc) is 2.95. The van der Waals surface area contributed by atoms with Gasteiger partial charge in [0.1, 0.15) is 5.75 Å². The molecule has 2 rings (SSSR count). The maximum atomic E-state index is 13.0. The Kier molecular flexibility index (Phi) is 6.95. The van der Waals surface area contributed by atoms with Crippen LogP contribution in [0.4, 0.5) is 0 Å². The molecule has 0 N–H and O–H groups in total. The monoisotopic (exact) mass is 403 g/mol. The molecule has 1 aromatic rings. The fourth-order valence-electron chi connectivity index (χ4n) is 2.71. The van der Waals surface area contributed by atoms with Crippen LogP contribution in [0.1, 0.15) is 20.3 Å². The zero-order valence-corrected chi connectivity index (χ0v) is 16.7. The van der Waals surface area contributed by atoms with Gasteiger partial charge in [-0.15, -0.1) is 0 Å². The van der Waals surface area contributed by atoms with E-state index in [1.165, 1.54) is 37.4 Å². The van der Waals surface area contributed by atoms with Crippen molar-refractivity contribution in [2.75, 3.05) is 19.4 Å². The number of benzene rings is 1. The predicted octanol–water partition coefficient (Wildman–Crippen LogP) is 2.39. The van der Waals surface area contributed by atoms with Crippen molar-refractivity contribution in [2.24, 2.45) is 0 Å². The van der Waals surface area contributed by atoms with Crippen molar-refractivity contribution in [1.82, 2.24) is 4.31 Å². The highest BCUT2D eigenvalue weighted by Crippen LogP contribution is 2.34. The van der Waals surface area contributed by atoms with E-state index >= 15 is 0 Å². The molecule has 0 aliphatic carbocycles. The molecular weight excluding hydrogens is 382 g/mol. The first-order valence-electron chi connectivity index (χ1n) is 7.70. The van der Waals surface area contributed by atoms with Crippen LogP contribution in [0.2, 0.25) is 0 Å². The Bertz CT molecular complexity index is 733. The van der Waals surface area contributed by atoms with E-state index in [1.807, 2.05) is 0 Å². The number of thioether (sulfide) groups is 2. The van der Waals surface area contributed by atoms with Gasteiger partial charge in [-0.25, -0.2) is 8.42 Å². The lowest BCUT2D eigenvalue weighted by Crippen LogP contribution is -2.37. The van der Waals surface area contributed by atoms with Crippen LogP contribution in [-0.2, 0) is 19.6 Å². The minimum absolute atomic E-state index is 0.0355. The van der Waals surface area contributed by atoms with Gasteiger partial charge in [0.25, 0.3) is 0 Å². The summed E-state index contributed by atoms with van der Waals surface area (Å²) in [5.41, 5.74) is 0. The van der Waals surface area contributed by atoms with E-state index in [0.29, 0.717) is 17.9 Å². The summed E-state index contributed by atoms with van der Waals surface area (Å²) in [7, 11) is -2.18. The third-order valence-corrected chi connectivity index (χ3v) is 7.70. The summed E-state index contributed by atoms with van der Waals surface area (Å²) in [6.07, 6.45) is 0.555. The quantitative estimate of drug-likeness (QED) is 0.721. The lowest BCUT2D eigenvalue weighted by atomic mass is 10.2. The van der Waals surface area contributed by atoms with Crippen LogP contribution < -0.4 is 4.74 Å². The van der Waals surface area contributed by atoms with Gasteiger partial charge in [-0.2, -0.15) is 4.31 Å². The van der Waals surface area contributed by atoms with Crippen molar-refractivity contribution >= 4 is 43.8 Å². The van der Waals surface area contributed by atoms with Gasteiger partial charge in [0.05, 0.1) is 12.0 Å². The fraction of sp³-hybridized carbons (Fsp3) is 0.500. The smallest absolute Gasteiger partial charge is 0.243 e. The Labute approximate surface area is 156 Å². The molecule has 0 amide bonds. The molecule has 1 aromatic carbocycles. The first-order valence-corrected chi connectivity index (χ1v) is 11.0. The molecule has 138 valence electrons. The predicted molar refractivity (Wildman–Crippen MR) is 100 cm³/mol. The van der Waals surface area contributed by atoms with Crippen LogP contribution >= 0.6 is 23.5 Å². The summed E-state index contributed by atoms with van der Waals surface area (Å²) in [6, 6.07) is 5.91. The molecule has 9 heteroatoms. The number of carbonyl (C=O) groups is 2. The average molecular weight is 404 g/mol. The highest BCUT2D eigenvalue weighted by Gasteiger charge is 2.41. The third kappa shape index (κ3) is 5.22. The van der Waals surface area contributed by atoms with E-state index in [-0.39, 0.29) is 33.0 Å². The summed E-state index contributed by atoms with van der Waals surface area (Å²) in [6.45, 7) is 3.20. The molecule has 0 radical (unpaired) electrons. The Morgan fingerprint density at radius 3 is 2.36 bits per heavy atom. The second-order valence-corrected chi connectivity index (χ2v) is 10.2. The zero-order chi connectivity index (χ0) is 18.6. The second kappa shape index (κ2) is 8.57. The lowest BCUT2D eigenvalue weighted by molar-refractivity contribution is -0.110. The minimum atomic E-state index is -3.70. The van der Waals surface area contributed by atoms with Crippen LogP contribution in [0.3, 0.4) is 0 Å². The SMILES string of the molecule is COc1ccc(S(=O)(=O)N2C[C@@H](SC(C)=O)C[C@@H]2CSC(C)=O)cc1. The summed E-state index contributed by atoms with van der Waals surface area (Å²) in [5.74, 6) is 0.966. The molecular formula is C16H21NO5S3.